The molecule has 0 saturated heterocycles. The number of halogens is 1. The molecule has 7 nitrogen and oxygen atoms in total. The standard InChI is InChI=1S/C8H7ClN6O/c9-6-3-5(14-8(10)16)4-11-7(6)15-12-1-2-13-15/h1-4H,(H3,10,14,16). The minimum Gasteiger partial charge on any atom is -0.351 e. The number of carbonyl (C=O) groups excluding carboxylic acids is 1. The fourth-order valence-corrected chi connectivity index (χ4v) is 1.36. The third-order valence-corrected chi connectivity index (χ3v) is 1.98. The number of primary amides is 1. The predicted octanol–water partition coefficient (Wildman–Crippen LogP) is 0.806. The Morgan fingerprint density at radius 1 is 1.44 bits per heavy atom. The third kappa shape index (κ3) is 2.09. The van der Waals surface area contributed by atoms with Crippen molar-refractivity contribution in [2.45, 2.75) is 0 Å². The molecule has 0 aromatic carbocycles. The Hall–Kier alpha value is -2.15. The second kappa shape index (κ2) is 4.15. The first kappa shape index (κ1) is 10.4. The van der Waals surface area contributed by atoms with Crippen LogP contribution in [0.3, 0.4) is 0 Å². The highest BCUT2D eigenvalue weighted by atomic mass is 35.5. The molecule has 0 bridgehead atoms. The smallest absolute Gasteiger partial charge is 0.316 e. The lowest BCUT2D eigenvalue weighted by Gasteiger charge is -2.04. The zero-order chi connectivity index (χ0) is 11.5. The number of amides is 2. The van der Waals surface area contributed by atoms with Crippen molar-refractivity contribution >= 4 is 23.3 Å². The molecule has 0 unspecified atom stereocenters. The van der Waals surface area contributed by atoms with Crippen molar-refractivity contribution in [2.75, 3.05) is 5.32 Å². The van der Waals surface area contributed by atoms with Crippen molar-refractivity contribution in [2.24, 2.45) is 5.73 Å². The summed E-state index contributed by atoms with van der Waals surface area (Å²) in [5.41, 5.74) is 5.37. The third-order valence-electron chi connectivity index (χ3n) is 1.70. The quantitative estimate of drug-likeness (QED) is 0.809. The molecule has 3 N–H and O–H groups in total. The van der Waals surface area contributed by atoms with E-state index in [0.717, 1.165) is 0 Å². The number of carbonyl (C=O) groups is 1. The molecule has 0 aliphatic heterocycles. The van der Waals surface area contributed by atoms with Gasteiger partial charge in [0.2, 0.25) is 0 Å². The normalized spacial score (nSPS) is 10.1. The fraction of sp³-hybridized carbons (Fsp3) is 0. The molecule has 0 radical (unpaired) electrons. The molecular weight excluding hydrogens is 232 g/mol. The lowest BCUT2D eigenvalue weighted by atomic mass is 10.4. The Balaban J connectivity index is 2.34. The molecule has 16 heavy (non-hydrogen) atoms. The highest BCUT2D eigenvalue weighted by Crippen LogP contribution is 2.20. The lowest BCUT2D eigenvalue weighted by Crippen LogP contribution is -2.19. The van der Waals surface area contributed by atoms with Gasteiger partial charge in [0.25, 0.3) is 0 Å². The molecule has 0 spiro atoms. The summed E-state index contributed by atoms with van der Waals surface area (Å²) in [6.45, 7) is 0. The van der Waals surface area contributed by atoms with E-state index in [2.05, 4.69) is 20.5 Å². The molecule has 82 valence electrons. The molecular formula is C8H7ClN6O. The van der Waals surface area contributed by atoms with Gasteiger partial charge in [0.1, 0.15) is 0 Å². The van der Waals surface area contributed by atoms with Crippen LogP contribution in [0.4, 0.5) is 10.5 Å². The number of hydrogen-bond donors (Lipinski definition) is 2. The molecule has 2 aromatic heterocycles. The number of rotatable bonds is 2. The van der Waals surface area contributed by atoms with Crippen LogP contribution in [0.15, 0.2) is 24.7 Å². The molecule has 2 rings (SSSR count). The summed E-state index contributed by atoms with van der Waals surface area (Å²) in [5, 5.41) is 10.4. The average Bonchev–Trinajstić information content (AvgIpc) is 2.69. The molecule has 8 heteroatoms. The van der Waals surface area contributed by atoms with Gasteiger partial charge in [-0.3, -0.25) is 0 Å². The van der Waals surface area contributed by atoms with E-state index in [1.807, 2.05) is 0 Å². The average molecular weight is 239 g/mol. The summed E-state index contributed by atoms with van der Waals surface area (Å²) >= 11 is 5.95. The van der Waals surface area contributed by atoms with Crippen LogP contribution in [0, 0.1) is 0 Å². The Labute approximate surface area is 95.2 Å². The number of nitrogens with two attached hydrogens (primary N) is 1. The zero-order valence-corrected chi connectivity index (χ0v) is 8.72. The van der Waals surface area contributed by atoms with E-state index < -0.39 is 6.03 Å². The predicted molar refractivity (Wildman–Crippen MR) is 57.4 cm³/mol. The first-order chi connectivity index (χ1) is 7.66. The molecule has 2 amide bonds. The summed E-state index contributed by atoms with van der Waals surface area (Å²) in [4.78, 5) is 15.9. The minimum atomic E-state index is -0.678. The summed E-state index contributed by atoms with van der Waals surface area (Å²) < 4.78 is 0. The number of hydrogen-bond acceptors (Lipinski definition) is 4. The number of urea groups is 1. The SMILES string of the molecule is NC(=O)Nc1cnc(-n2nccn2)c(Cl)c1. The number of anilines is 1. The molecule has 2 heterocycles. The van der Waals surface area contributed by atoms with E-state index in [0.29, 0.717) is 16.5 Å². The van der Waals surface area contributed by atoms with E-state index in [4.69, 9.17) is 17.3 Å². The molecule has 0 saturated carbocycles. The van der Waals surface area contributed by atoms with Gasteiger partial charge >= 0.3 is 6.03 Å². The topological polar surface area (TPSA) is 98.7 Å². The van der Waals surface area contributed by atoms with Crippen LogP contribution < -0.4 is 11.1 Å². The van der Waals surface area contributed by atoms with Gasteiger partial charge in [0.05, 0.1) is 29.3 Å². The monoisotopic (exact) mass is 238 g/mol. The van der Waals surface area contributed by atoms with E-state index in [9.17, 15) is 4.79 Å². The second-order valence-electron chi connectivity index (χ2n) is 2.84. The zero-order valence-electron chi connectivity index (χ0n) is 7.96. The van der Waals surface area contributed by atoms with Gasteiger partial charge in [-0.15, -0.1) is 4.80 Å². The van der Waals surface area contributed by atoms with Crippen molar-refractivity contribution in [3.05, 3.63) is 29.7 Å². The Kier molecular flexibility index (Phi) is 2.69. The fourth-order valence-electron chi connectivity index (χ4n) is 1.11. The van der Waals surface area contributed by atoms with Gasteiger partial charge in [0.15, 0.2) is 5.82 Å². The summed E-state index contributed by atoms with van der Waals surface area (Å²) in [6, 6.07) is 0.834. The summed E-state index contributed by atoms with van der Waals surface area (Å²) in [5.74, 6) is 0.377. The van der Waals surface area contributed by atoms with Crippen LogP contribution in [0.5, 0.6) is 0 Å². The van der Waals surface area contributed by atoms with Crippen LogP contribution in [0.1, 0.15) is 0 Å². The van der Waals surface area contributed by atoms with Gasteiger partial charge in [-0.2, -0.15) is 10.2 Å². The van der Waals surface area contributed by atoms with Gasteiger partial charge in [0, 0.05) is 0 Å². The highest BCUT2D eigenvalue weighted by molar-refractivity contribution is 6.32. The number of pyridine rings is 1. The number of aromatic nitrogens is 4. The Morgan fingerprint density at radius 3 is 2.69 bits per heavy atom. The maximum Gasteiger partial charge on any atom is 0.316 e. The van der Waals surface area contributed by atoms with Gasteiger partial charge in [-0.1, -0.05) is 11.6 Å². The molecule has 0 fully saturated rings. The van der Waals surface area contributed by atoms with Crippen molar-refractivity contribution in [3.63, 3.8) is 0 Å². The first-order valence-corrected chi connectivity index (χ1v) is 4.63. The maximum atomic E-state index is 10.6. The minimum absolute atomic E-state index is 0.308. The lowest BCUT2D eigenvalue weighted by molar-refractivity contribution is 0.259. The number of nitrogens with zero attached hydrogens (tertiary/aromatic N) is 4. The van der Waals surface area contributed by atoms with E-state index in [-0.39, 0.29) is 0 Å². The Bertz CT molecular complexity index is 511. The first-order valence-electron chi connectivity index (χ1n) is 4.25. The van der Waals surface area contributed by atoms with Gasteiger partial charge in [-0.05, 0) is 6.07 Å². The number of nitrogens with one attached hydrogen (secondary N) is 1. The van der Waals surface area contributed by atoms with Gasteiger partial charge in [-0.25, -0.2) is 9.78 Å². The van der Waals surface area contributed by atoms with Crippen LogP contribution in [0.2, 0.25) is 5.02 Å². The van der Waals surface area contributed by atoms with Crippen molar-refractivity contribution in [1.82, 2.24) is 20.0 Å². The maximum absolute atomic E-state index is 10.6. The largest absolute Gasteiger partial charge is 0.351 e. The van der Waals surface area contributed by atoms with Crippen molar-refractivity contribution in [3.8, 4) is 5.82 Å². The van der Waals surface area contributed by atoms with Crippen molar-refractivity contribution in [1.29, 1.82) is 0 Å². The molecule has 2 aromatic rings. The van der Waals surface area contributed by atoms with Crippen LogP contribution in [0.25, 0.3) is 5.82 Å². The van der Waals surface area contributed by atoms with E-state index in [1.165, 1.54) is 29.5 Å². The van der Waals surface area contributed by atoms with Crippen LogP contribution in [-0.4, -0.2) is 26.0 Å². The molecule has 0 atom stereocenters. The van der Waals surface area contributed by atoms with Crippen LogP contribution >= 0.6 is 11.6 Å². The second-order valence-corrected chi connectivity index (χ2v) is 3.24. The van der Waals surface area contributed by atoms with Gasteiger partial charge < -0.3 is 11.1 Å². The van der Waals surface area contributed by atoms with Crippen LogP contribution in [-0.2, 0) is 0 Å². The summed E-state index contributed by atoms with van der Waals surface area (Å²) in [7, 11) is 0. The van der Waals surface area contributed by atoms with E-state index >= 15 is 0 Å². The molecule has 0 aliphatic rings. The van der Waals surface area contributed by atoms with Crippen molar-refractivity contribution < 1.29 is 4.79 Å². The summed E-state index contributed by atoms with van der Waals surface area (Å²) in [6.07, 6.45) is 4.43. The van der Waals surface area contributed by atoms with E-state index in [1.54, 1.807) is 0 Å². The highest BCUT2D eigenvalue weighted by Gasteiger charge is 2.07. The Morgan fingerprint density at radius 2 is 2.12 bits per heavy atom. The molecule has 0 aliphatic carbocycles.